The normalized spacial score (nSPS) is 11.0. The standard InChI is InChI=1S/C12H16N4/c1-8(2)16-7-11(9(3)15-16)10-4-5-12(13)14-6-10/h4-8H,1-3H3,(H2,13,14). The number of nitrogen functional groups attached to an aromatic ring is 1. The van der Waals surface area contributed by atoms with Crippen molar-refractivity contribution in [3.63, 3.8) is 0 Å². The van der Waals surface area contributed by atoms with E-state index in [0.717, 1.165) is 16.8 Å². The van der Waals surface area contributed by atoms with Crippen molar-refractivity contribution >= 4 is 5.82 Å². The van der Waals surface area contributed by atoms with E-state index in [1.807, 2.05) is 29.9 Å². The first-order chi connectivity index (χ1) is 7.58. The Morgan fingerprint density at radius 3 is 2.56 bits per heavy atom. The Kier molecular flexibility index (Phi) is 2.64. The summed E-state index contributed by atoms with van der Waals surface area (Å²) in [5, 5.41) is 4.47. The third kappa shape index (κ3) is 1.91. The van der Waals surface area contributed by atoms with Crippen molar-refractivity contribution in [3.05, 3.63) is 30.2 Å². The minimum atomic E-state index is 0.370. The van der Waals surface area contributed by atoms with Crippen LogP contribution in [0.2, 0.25) is 0 Å². The van der Waals surface area contributed by atoms with E-state index in [1.165, 1.54) is 0 Å². The lowest BCUT2D eigenvalue weighted by Gasteiger charge is -2.03. The van der Waals surface area contributed by atoms with Crippen LogP contribution in [0.3, 0.4) is 0 Å². The lowest BCUT2D eigenvalue weighted by molar-refractivity contribution is 0.529. The van der Waals surface area contributed by atoms with Crippen LogP contribution in [0.25, 0.3) is 11.1 Å². The first-order valence-electron chi connectivity index (χ1n) is 5.35. The summed E-state index contributed by atoms with van der Waals surface area (Å²) in [4.78, 5) is 4.09. The van der Waals surface area contributed by atoms with Crippen molar-refractivity contribution in [2.45, 2.75) is 26.8 Å². The van der Waals surface area contributed by atoms with Gasteiger partial charge in [-0.2, -0.15) is 5.10 Å². The van der Waals surface area contributed by atoms with E-state index < -0.39 is 0 Å². The van der Waals surface area contributed by atoms with Gasteiger partial charge in [-0.25, -0.2) is 4.98 Å². The summed E-state index contributed by atoms with van der Waals surface area (Å²) in [7, 11) is 0. The number of hydrogen-bond acceptors (Lipinski definition) is 3. The van der Waals surface area contributed by atoms with E-state index >= 15 is 0 Å². The van der Waals surface area contributed by atoms with Gasteiger partial charge in [0, 0.05) is 29.6 Å². The Bertz CT molecular complexity index is 482. The zero-order valence-corrected chi connectivity index (χ0v) is 9.81. The van der Waals surface area contributed by atoms with Gasteiger partial charge in [0.05, 0.1) is 5.69 Å². The van der Waals surface area contributed by atoms with Crippen molar-refractivity contribution in [1.82, 2.24) is 14.8 Å². The summed E-state index contributed by atoms with van der Waals surface area (Å²) in [6.45, 7) is 6.22. The maximum Gasteiger partial charge on any atom is 0.123 e. The molecule has 16 heavy (non-hydrogen) atoms. The van der Waals surface area contributed by atoms with Crippen LogP contribution in [0.4, 0.5) is 5.82 Å². The van der Waals surface area contributed by atoms with E-state index in [9.17, 15) is 0 Å². The Hall–Kier alpha value is -1.84. The Labute approximate surface area is 95.1 Å². The molecule has 0 bridgehead atoms. The summed E-state index contributed by atoms with van der Waals surface area (Å²) < 4.78 is 1.96. The van der Waals surface area contributed by atoms with Gasteiger partial charge in [-0.3, -0.25) is 4.68 Å². The molecule has 4 nitrogen and oxygen atoms in total. The molecule has 2 N–H and O–H groups in total. The van der Waals surface area contributed by atoms with Crippen molar-refractivity contribution in [1.29, 1.82) is 0 Å². The average molecular weight is 216 g/mol. The second-order valence-electron chi connectivity index (χ2n) is 4.17. The minimum absolute atomic E-state index is 0.370. The molecule has 0 aliphatic heterocycles. The number of pyridine rings is 1. The molecule has 0 fully saturated rings. The second kappa shape index (κ2) is 3.96. The van der Waals surface area contributed by atoms with Gasteiger partial charge in [0.25, 0.3) is 0 Å². The van der Waals surface area contributed by atoms with Gasteiger partial charge < -0.3 is 5.73 Å². The van der Waals surface area contributed by atoms with Crippen LogP contribution in [-0.4, -0.2) is 14.8 Å². The fraction of sp³-hybridized carbons (Fsp3) is 0.333. The Balaban J connectivity index is 2.44. The summed E-state index contributed by atoms with van der Waals surface area (Å²) in [6.07, 6.45) is 3.83. The molecule has 2 heterocycles. The van der Waals surface area contributed by atoms with Crippen LogP contribution in [0, 0.1) is 6.92 Å². The molecular weight excluding hydrogens is 200 g/mol. The van der Waals surface area contributed by atoms with Gasteiger partial charge in [-0.05, 0) is 32.9 Å². The number of aromatic nitrogens is 3. The molecular formula is C12H16N4. The predicted octanol–water partition coefficient (Wildman–Crippen LogP) is 2.42. The van der Waals surface area contributed by atoms with Gasteiger partial charge in [0.15, 0.2) is 0 Å². The number of rotatable bonds is 2. The summed E-state index contributed by atoms with van der Waals surface area (Å²) in [6, 6.07) is 4.15. The smallest absolute Gasteiger partial charge is 0.123 e. The maximum absolute atomic E-state index is 5.56. The van der Waals surface area contributed by atoms with Crippen LogP contribution in [0.5, 0.6) is 0 Å². The third-order valence-electron chi connectivity index (χ3n) is 2.54. The first-order valence-corrected chi connectivity index (χ1v) is 5.35. The van der Waals surface area contributed by atoms with Gasteiger partial charge in [0.1, 0.15) is 5.82 Å². The molecule has 2 aromatic heterocycles. The summed E-state index contributed by atoms with van der Waals surface area (Å²) in [5.74, 6) is 0.539. The Morgan fingerprint density at radius 2 is 2.06 bits per heavy atom. The lowest BCUT2D eigenvalue weighted by Crippen LogP contribution is -2.00. The molecule has 0 radical (unpaired) electrons. The molecule has 0 saturated carbocycles. The van der Waals surface area contributed by atoms with E-state index in [-0.39, 0.29) is 0 Å². The highest BCUT2D eigenvalue weighted by Crippen LogP contribution is 2.23. The number of hydrogen-bond donors (Lipinski definition) is 1. The molecule has 0 amide bonds. The zero-order valence-electron chi connectivity index (χ0n) is 9.81. The van der Waals surface area contributed by atoms with Crippen LogP contribution in [0.1, 0.15) is 25.6 Å². The van der Waals surface area contributed by atoms with Crippen molar-refractivity contribution in [2.75, 3.05) is 5.73 Å². The van der Waals surface area contributed by atoms with Gasteiger partial charge in [0.2, 0.25) is 0 Å². The van der Waals surface area contributed by atoms with Crippen LogP contribution in [0.15, 0.2) is 24.5 Å². The summed E-state index contributed by atoms with van der Waals surface area (Å²) >= 11 is 0. The molecule has 0 saturated heterocycles. The average Bonchev–Trinajstić information content (AvgIpc) is 2.62. The van der Waals surface area contributed by atoms with Gasteiger partial charge in [-0.15, -0.1) is 0 Å². The predicted molar refractivity (Wildman–Crippen MR) is 65.0 cm³/mol. The highest BCUT2D eigenvalue weighted by molar-refractivity contribution is 5.65. The lowest BCUT2D eigenvalue weighted by atomic mass is 10.1. The molecule has 84 valence electrons. The topological polar surface area (TPSA) is 56.7 Å². The Morgan fingerprint density at radius 1 is 1.31 bits per heavy atom. The van der Waals surface area contributed by atoms with Crippen molar-refractivity contribution < 1.29 is 0 Å². The van der Waals surface area contributed by atoms with Crippen molar-refractivity contribution in [3.8, 4) is 11.1 Å². The fourth-order valence-corrected chi connectivity index (χ4v) is 1.59. The van der Waals surface area contributed by atoms with Crippen LogP contribution in [-0.2, 0) is 0 Å². The molecule has 0 unspecified atom stereocenters. The molecule has 2 aromatic rings. The first kappa shape index (κ1) is 10.7. The SMILES string of the molecule is Cc1nn(C(C)C)cc1-c1ccc(N)nc1. The molecule has 4 heteroatoms. The monoisotopic (exact) mass is 216 g/mol. The van der Waals surface area contributed by atoms with E-state index in [2.05, 4.69) is 23.9 Å². The number of aryl methyl sites for hydroxylation is 1. The molecule has 2 rings (SSSR count). The van der Waals surface area contributed by atoms with Crippen LogP contribution < -0.4 is 5.73 Å². The fourth-order valence-electron chi connectivity index (χ4n) is 1.59. The largest absolute Gasteiger partial charge is 0.384 e. The molecule has 0 spiro atoms. The second-order valence-corrected chi connectivity index (χ2v) is 4.17. The highest BCUT2D eigenvalue weighted by Gasteiger charge is 2.09. The number of nitrogens with zero attached hydrogens (tertiary/aromatic N) is 3. The van der Waals surface area contributed by atoms with Crippen LogP contribution >= 0.6 is 0 Å². The minimum Gasteiger partial charge on any atom is -0.384 e. The number of anilines is 1. The molecule has 0 aliphatic carbocycles. The van der Waals surface area contributed by atoms with Gasteiger partial charge >= 0.3 is 0 Å². The van der Waals surface area contributed by atoms with Crippen molar-refractivity contribution in [2.24, 2.45) is 0 Å². The van der Waals surface area contributed by atoms with E-state index in [0.29, 0.717) is 11.9 Å². The quantitative estimate of drug-likeness (QED) is 0.838. The highest BCUT2D eigenvalue weighted by atomic mass is 15.3. The maximum atomic E-state index is 5.56. The molecule has 0 aromatic carbocycles. The summed E-state index contributed by atoms with van der Waals surface area (Å²) in [5.41, 5.74) is 8.74. The van der Waals surface area contributed by atoms with Gasteiger partial charge in [-0.1, -0.05) is 0 Å². The molecule has 0 aliphatic rings. The van der Waals surface area contributed by atoms with E-state index in [4.69, 9.17) is 5.73 Å². The molecule has 0 atom stereocenters. The third-order valence-corrected chi connectivity index (χ3v) is 2.54. The van der Waals surface area contributed by atoms with E-state index in [1.54, 1.807) is 6.20 Å². The number of nitrogens with two attached hydrogens (primary N) is 1. The zero-order chi connectivity index (χ0) is 11.7.